The highest BCUT2D eigenvalue weighted by atomic mass is 16.4. The summed E-state index contributed by atoms with van der Waals surface area (Å²) in [5.74, 6) is -0.805. The van der Waals surface area contributed by atoms with Crippen molar-refractivity contribution in [1.82, 2.24) is 5.32 Å². The van der Waals surface area contributed by atoms with E-state index in [1.165, 1.54) is 0 Å². The highest BCUT2D eigenvalue weighted by Gasteiger charge is 2.19. The molecule has 4 nitrogen and oxygen atoms in total. The molecule has 2 atom stereocenters. The van der Waals surface area contributed by atoms with Crippen LogP contribution < -0.4 is 5.32 Å². The van der Waals surface area contributed by atoms with Crippen LogP contribution in [0.1, 0.15) is 46.5 Å². The molecule has 0 aliphatic rings. The lowest BCUT2D eigenvalue weighted by atomic mass is 10.0. The van der Waals surface area contributed by atoms with E-state index in [-0.39, 0.29) is 5.91 Å². The number of carbonyl (C=O) groups is 2. The molecule has 0 spiro atoms. The average Bonchev–Trinajstić information content (AvgIpc) is 2.16. The van der Waals surface area contributed by atoms with Crippen molar-refractivity contribution in [3.8, 4) is 0 Å². The fourth-order valence-corrected chi connectivity index (χ4v) is 1.26. The van der Waals surface area contributed by atoms with Gasteiger partial charge in [-0.2, -0.15) is 0 Å². The van der Waals surface area contributed by atoms with Gasteiger partial charge in [0.1, 0.15) is 6.04 Å². The third kappa shape index (κ3) is 6.10. The van der Waals surface area contributed by atoms with Gasteiger partial charge in [-0.1, -0.05) is 33.6 Å². The summed E-state index contributed by atoms with van der Waals surface area (Å²) >= 11 is 0. The van der Waals surface area contributed by atoms with Crippen LogP contribution in [-0.4, -0.2) is 23.0 Å². The molecule has 1 amide bonds. The van der Waals surface area contributed by atoms with Crippen molar-refractivity contribution < 1.29 is 14.7 Å². The molecule has 88 valence electrons. The van der Waals surface area contributed by atoms with Crippen molar-refractivity contribution in [1.29, 1.82) is 0 Å². The molecule has 0 aromatic carbocycles. The summed E-state index contributed by atoms with van der Waals surface area (Å²) in [5, 5.41) is 11.4. The van der Waals surface area contributed by atoms with Gasteiger partial charge in [-0.3, -0.25) is 4.79 Å². The van der Waals surface area contributed by atoms with E-state index in [9.17, 15) is 9.59 Å². The Labute approximate surface area is 91.1 Å². The Morgan fingerprint density at radius 1 is 1.33 bits per heavy atom. The van der Waals surface area contributed by atoms with Gasteiger partial charge in [-0.25, -0.2) is 4.79 Å². The van der Waals surface area contributed by atoms with Crippen molar-refractivity contribution in [2.45, 2.75) is 52.5 Å². The molecule has 4 heteroatoms. The van der Waals surface area contributed by atoms with Gasteiger partial charge in [0.2, 0.25) is 5.91 Å². The predicted molar refractivity (Wildman–Crippen MR) is 58.5 cm³/mol. The molecule has 0 bridgehead atoms. The zero-order valence-electron chi connectivity index (χ0n) is 9.75. The van der Waals surface area contributed by atoms with E-state index in [1.54, 1.807) is 0 Å². The largest absolute Gasteiger partial charge is 0.480 e. The fourth-order valence-electron chi connectivity index (χ4n) is 1.26. The van der Waals surface area contributed by atoms with Crippen LogP contribution in [0.2, 0.25) is 0 Å². The first-order chi connectivity index (χ1) is 7.01. The van der Waals surface area contributed by atoms with E-state index < -0.39 is 12.0 Å². The predicted octanol–water partition coefficient (Wildman–Crippen LogP) is 1.79. The molecule has 0 rings (SSSR count). The van der Waals surface area contributed by atoms with Gasteiger partial charge >= 0.3 is 5.97 Å². The average molecular weight is 215 g/mol. The molecule has 0 aromatic rings. The summed E-state index contributed by atoms with van der Waals surface area (Å²) < 4.78 is 0. The lowest BCUT2D eigenvalue weighted by molar-refractivity contribution is -0.142. The van der Waals surface area contributed by atoms with Crippen molar-refractivity contribution >= 4 is 11.9 Å². The van der Waals surface area contributed by atoms with Gasteiger partial charge < -0.3 is 10.4 Å². The van der Waals surface area contributed by atoms with Gasteiger partial charge in [-0.05, 0) is 12.3 Å². The Hall–Kier alpha value is -1.06. The van der Waals surface area contributed by atoms with Crippen LogP contribution in [0.4, 0.5) is 0 Å². The lowest BCUT2D eigenvalue weighted by Crippen LogP contribution is -2.41. The first-order valence-corrected chi connectivity index (χ1v) is 5.53. The summed E-state index contributed by atoms with van der Waals surface area (Å²) in [6.45, 7) is 5.89. The van der Waals surface area contributed by atoms with E-state index in [0.29, 0.717) is 18.8 Å². The maximum atomic E-state index is 11.4. The third-order valence-corrected chi connectivity index (χ3v) is 2.44. The zero-order chi connectivity index (χ0) is 11.8. The van der Waals surface area contributed by atoms with E-state index in [4.69, 9.17) is 5.11 Å². The number of hydrogen-bond donors (Lipinski definition) is 2. The van der Waals surface area contributed by atoms with Crippen LogP contribution in [0.5, 0.6) is 0 Å². The Bertz CT molecular complexity index is 216. The molecule has 0 aliphatic carbocycles. The monoisotopic (exact) mass is 215 g/mol. The second-order valence-electron chi connectivity index (χ2n) is 3.96. The highest BCUT2D eigenvalue weighted by molar-refractivity contribution is 5.83. The summed E-state index contributed by atoms with van der Waals surface area (Å²) in [4.78, 5) is 22.2. The Morgan fingerprint density at radius 2 is 1.93 bits per heavy atom. The number of carboxylic acids is 1. The maximum Gasteiger partial charge on any atom is 0.326 e. The molecular weight excluding hydrogens is 194 g/mol. The van der Waals surface area contributed by atoms with Crippen LogP contribution in [0, 0.1) is 5.92 Å². The van der Waals surface area contributed by atoms with E-state index >= 15 is 0 Å². The minimum atomic E-state index is -0.950. The quantitative estimate of drug-likeness (QED) is 0.680. The number of amides is 1. The third-order valence-electron chi connectivity index (χ3n) is 2.44. The van der Waals surface area contributed by atoms with Crippen molar-refractivity contribution in [2.75, 3.05) is 0 Å². The molecule has 0 fully saturated rings. The van der Waals surface area contributed by atoms with Crippen molar-refractivity contribution in [3.05, 3.63) is 0 Å². The Kier molecular flexibility index (Phi) is 6.75. The van der Waals surface area contributed by atoms with Crippen LogP contribution in [0.3, 0.4) is 0 Å². The second kappa shape index (κ2) is 7.26. The Morgan fingerprint density at radius 3 is 2.33 bits per heavy atom. The maximum absolute atomic E-state index is 11.4. The number of hydrogen-bond acceptors (Lipinski definition) is 2. The number of aliphatic carboxylic acids is 1. The van der Waals surface area contributed by atoms with Gasteiger partial charge in [0, 0.05) is 6.42 Å². The summed E-state index contributed by atoms with van der Waals surface area (Å²) in [6.07, 6.45) is 2.57. The van der Waals surface area contributed by atoms with Crippen LogP contribution in [0.15, 0.2) is 0 Å². The van der Waals surface area contributed by atoms with Crippen LogP contribution >= 0.6 is 0 Å². The zero-order valence-corrected chi connectivity index (χ0v) is 9.75. The number of rotatable bonds is 7. The van der Waals surface area contributed by atoms with Crippen molar-refractivity contribution in [3.63, 3.8) is 0 Å². The van der Waals surface area contributed by atoms with Gasteiger partial charge in [0.15, 0.2) is 0 Å². The molecule has 15 heavy (non-hydrogen) atoms. The van der Waals surface area contributed by atoms with E-state index in [1.807, 2.05) is 20.8 Å². The standard InChI is InChI=1S/C11H21NO3/c1-4-6-9(11(14)15)12-10(13)7-8(3)5-2/h8-9H,4-7H2,1-3H3,(H,12,13)(H,14,15). The topological polar surface area (TPSA) is 66.4 Å². The molecule has 0 aromatic heterocycles. The minimum Gasteiger partial charge on any atom is -0.480 e. The lowest BCUT2D eigenvalue weighted by Gasteiger charge is -2.15. The van der Waals surface area contributed by atoms with E-state index in [2.05, 4.69) is 5.32 Å². The van der Waals surface area contributed by atoms with Crippen LogP contribution in [-0.2, 0) is 9.59 Å². The smallest absolute Gasteiger partial charge is 0.326 e. The van der Waals surface area contributed by atoms with Gasteiger partial charge in [0.05, 0.1) is 0 Å². The van der Waals surface area contributed by atoms with Crippen LogP contribution in [0.25, 0.3) is 0 Å². The van der Waals surface area contributed by atoms with Gasteiger partial charge in [-0.15, -0.1) is 0 Å². The summed E-state index contributed by atoms with van der Waals surface area (Å²) in [5.41, 5.74) is 0. The summed E-state index contributed by atoms with van der Waals surface area (Å²) in [6, 6.07) is -0.730. The first kappa shape index (κ1) is 13.9. The number of carboxylic acid groups (broad SMARTS) is 1. The molecular formula is C11H21NO3. The molecule has 0 radical (unpaired) electrons. The summed E-state index contributed by atoms with van der Waals surface area (Å²) in [7, 11) is 0. The fraction of sp³-hybridized carbons (Fsp3) is 0.818. The van der Waals surface area contributed by atoms with E-state index in [0.717, 1.165) is 12.8 Å². The number of nitrogens with one attached hydrogen (secondary N) is 1. The molecule has 2 N–H and O–H groups in total. The van der Waals surface area contributed by atoms with Crippen molar-refractivity contribution in [2.24, 2.45) is 5.92 Å². The molecule has 0 heterocycles. The highest BCUT2D eigenvalue weighted by Crippen LogP contribution is 2.06. The van der Waals surface area contributed by atoms with Gasteiger partial charge in [0.25, 0.3) is 0 Å². The normalized spacial score (nSPS) is 14.3. The Balaban J connectivity index is 4.05. The second-order valence-corrected chi connectivity index (χ2v) is 3.96. The SMILES string of the molecule is CCCC(NC(=O)CC(C)CC)C(=O)O. The number of carbonyl (C=O) groups excluding carboxylic acids is 1. The molecule has 0 aliphatic heterocycles. The molecule has 2 unspecified atom stereocenters. The molecule has 0 saturated carbocycles. The minimum absolute atomic E-state index is 0.162. The molecule has 0 saturated heterocycles. The first-order valence-electron chi connectivity index (χ1n) is 5.53.